The zero-order valence-electron chi connectivity index (χ0n) is 14.5. The lowest BCUT2D eigenvalue weighted by atomic mass is 10.2. The van der Waals surface area contributed by atoms with Crippen LogP contribution in [0.1, 0.15) is 6.92 Å². The zero-order chi connectivity index (χ0) is 17.1. The van der Waals surface area contributed by atoms with Gasteiger partial charge in [-0.1, -0.05) is 11.6 Å². The Hall–Kier alpha value is -1.37. The highest BCUT2D eigenvalue weighted by atomic mass is 35.5. The van der Waals surface area contributed by atoms with Crippen molar-refractivity contribution in [1.29, 1.82) is 0 Å². The average molecular weight is 352 g/mol. The summed E-state index contributed by atoms with van der Waals surface area (Å²) in [6, 6.07) is 3.77. The molecule has 6 nitrogen and oxygen atoms in total. The summed E-state index contributed by atoms with van der Waals surface area (Å²) in [5.74, 6) is 1.18. The van der Waals surface area contributed by atoms with Gasteiger partial charge in [-0.2, -0.15) is 0 Å². The lowest BCUT2D eigenvalue weighted by Crippen LogP contribution is -2.57. The Morgan fingerprint density at radius 3 is 2.33 bits per heavy atom. The van der Waals surface area contributed by atoms with Crippen LogP contribution in [-0.4, -0.2) is 91.0 Å². The summed E-state index contributed by atoms with van der Waals surface area (Å²) in [4.78, 5) is 26.0. The SMILES string of the molecule is CC(C(=O)N1CCN(c2ccc(Cl)cn2)CC1)N1CCN(C)CC1. The maximum absolute atomic E-state index is 12.8. The second-order valence-electron chi connectivity index (χ2n) is 6.66. The van der Waals surface area contributed by atoms with Crippen LogP contribution in [0.3, 0.4) is 0 Å². The van der Waals surface area contributed by atoms with E-state index in [0.29, 0.717) is 5.02 Å². The Labute approximate surface area is 149 Å². The Bertz CT molecular complexity index is 551. The molecule has 0 N–H and O–H groups in total. The monoisotopic (exact) mass is 351 g/mol. The van der Waals surface area contributed by atoms with Gasteiger partial charge in [-0.25, -0.2) is 4.98 Å². The normalized spacial score (nSPS) is 21.8. The first-order chi connectivity index (χ1) is 11.5. The highest BCUT2D eigenvalue weighted by Gasteiger charge is 2.30. The maximum atomic E-state index is 12.8. The first kappa shape index (κ1) is 17.5. The second kappa shape index (κ2) is 7.68. The van der Waals surface area contributed by atoms with Gasteiger partial charge in [0.25, 0.3) is 0 Å². The van der Waals surface area contributed by atoms with Gasteiger partial charge in [0, 0.05) is 58.6 Å². The Morgan fingerprint density at radius 1 is 1.08 bits per heavy atom. The van der Waals surface area contributed by atoms with Crippen LogP contribution >= 0.6 is 11.6 Å². The van der Waals surface area contributed by atoms with Crippen LogP contribution in [0.2, 0.25) is 5.02 Å². The molecule has 3 rings (SSSR count). The van der Waals surface area contributed by atoms with Crippen LogP contribution in [0.15, 0.2) is 18.3 Å². The van der Waals surface area contributed by atoms with Crippen molar-refractivity contribution < 1.29 is 4.79 Å². The van der Waals surface area contributed by atoms with Gasteiger partial charge in [0.05, 0.1) is 11.1 Å². The molecule has 0 aromatic carbocycles. The van der Waals surface area contributed by atoms with Crippen molar-refractivity contribution in [2.45, 2.75) is 13.0 Å². The minimum atomic E-state index is -0.0288. The topological polar surface area (TPSA) is 42.9 Å². The summed E-state index contributed by atoms with van der Waals surface area (Å²) < 4.78 is 0. The molecule has 0 bridgehead atoms. The molecule has 0 aliphatic carbocycles. The fraction of sp³-hybridized carbons (Fsp3) is 0.647. The number of likely N-dealkylation sites (N-methyl/N-ethyl adjacent to an activating group) is 1. The highest BCUT2D eigenvalue weighted by molar-refractivity contribution is 6.30. The lowest BCUT2D eigenvalue weighted by molar-refractivity contribution is -0.137. The van der Waals surface area contributed by atoms with Crippen molar-refractivity contribution in [3.63, 3.8) is 0 Å². The van der Waals surface area contributed by atoms with E-state index >= 15 is 0 Å². The summed E-state index contributed by atoms with van der Waals surface area (Å²) in [5.41, 5.74) is 0. The quantitative estimate of drug-likeness (QED) is 0.813. The molecule has 2 fully saturated rings. The number of halogens is 1. The highest BCUT2D eigenvalue weighted by Crippen LogP contribution is 2.17. The largest absolute Gasteiger partial charge is 0.353 e. The Kier molecular flexibility index (Phi) is 5.58. The molecule has 1 aromatic heterocycles. The first-order valence-electron chi connectivity index (χ1n) is 8.62. The second-order valence-corrected chi connectivity index (χ2v) is 7.10. The van der Waals surface area contributed by atoms with E-state index < -0.39 is 0 Å². The van der Waals surface area contributed by atoms with Crippen LogP contribution in [0, 0.1) is 0 Å². The molecule has 2 saturated heterocycles. The Morgan fingerprint density at radius 2 is 1.75 bits per heavy atom. The number of aromatic nitrogens is 1. The maximum Gasteiger partial charge on any atom is 0.239 e. The molecule has 24 heavy (non-hydrogen) atoms. The summed E-state index contributed by atoms with van der Waals surface area (Å²) >= 11 is 5.89. The molecule has 1 unspecified atom stereocenters. The molecular weight excluding hydrogens is 326 g/mol. The summed E-state index contributed by atoms with van der Waals surface area (Å²) in [6.45, 7) is 9.19. The number of carbonyl (C=O) groups is 1. The van der Waals surface area contributed by atoms with Gasteiger partial charge in [-0.05, 0) is 26.1 Å². The Balaban J connectivity index is 1.52. The molecule has 132 valence electrons. The number of piperazine rings is 2. The van der Waals surface area contributed by atoms with Gasteiger partial charge >= 0.3 is 0 Å². The summed E-state index contributed by atoms with van der Waals surface area (Å²) in [6.07, 6.45) is 1.67. The molecule has 3 heterocycles. The molecule has 1 aromatic rings. The minimum Gasteiger partial charge on any atom is -0.353 e. The number of pyridine rings is 1. The number of hydrogen-bond acceptors (Lipinski definition) is 5. The fourth-order valence-corrected chi connectivity index (χ4v) is 3.45. The van der Waals surface area contributed by atoms with E-state index in [4.69, 9.17) is 11.6 Å². The molecule has 7 heteroatoms. The van der Waals surface area contributed by atoms with Crippen LogP contribution in [0.25, 0.3) is 0 Å². The smallest absolute Gasteiger partial charge is 0.239 e. The van der Waals surface area contributed by atoms with Crippen LogP contribution in [0.5, 0.6) is 0 Å². The van der Waals surface area contributed by atoms with E-state index in [2.05, 4.69) is 26.7 Å². The number of amides is 1. The third-order valence-electron chi connectivity index (χ3n) is 5.07. The fourth-order valence-electron chi connectivity index (χ4n) is 3.34. The van der Waals surface area contributed by atoms with Gasteiger partial charge in [0.2, 0.25) is 5.91 Å². The number of hydrogen-bond donors (Lipinski definition) is 0. The van der Waals surface area contributed by atoms with Gasteiger partial charge < -0.3 is 14.7 Å². The third-order valence-corrected chi connectivity index (χ3v) is 5.29. The van der Waals surface area contributed by atoms with Gasteiger partial charge in [0.1, 0.15) is 5.82 Å². The molecular formula is C17H26ClN5O. The van der Waals surface area contributed by atoms with E-state index in [1.54, 1.807) is 6.20 Å². The van der Waals surface area contributed by atoms with Crippen LogP contribution < -0.4 is 4.90 Å². The van der Waals surface area contributed by atoms with Crippen LogP contribution in [-0.2, 0) is 4.79 Å². The molecule has 0 spiro atoms. The van der Waals surface area contributed by atoms with Crippen molar-refractivity contribution >= 4 is 23.3 Å². The molecule has 2 aliphatic heterocycles. The predicted octanol–water partition coefficient (Wildman–Crippen LogP) is 1.02. The molecule has 0 saturated carbocycles. The first-order valence-corrected chi connectivity index (χ1v) is 9.00. The van der Waals surface area contributed by atoms with E-state index in [-0.39, 0.29) is 11.9 Å². The van der Waals surface area contributed by atoms with Crippen molar-refractivity contribution in [2.75, 3.05) is 64.3 Å². The predicted molar refractivity (Wildman–Crippen MR) is 96.6 cm³/mol. The number of rotatable bonds is 3. The van der Waals surface area contributed by atoms with E-state index in [0.717, 1.165) is 58.2 Å². The molecule has 1 atom stereocenters. The molecule has 0 radical (unpaired) electrons. The number of anilines is 1. The zero-order valence-corrected chi connectivity index (χ0v) is 15.2. The van der Waals surface area contributed by atoms with Gasteiger partial charge in [-0.3, -0.25) is 9.69 Å². The summed E-state index contributed by atoms with van der Waals surface area (Å²) in [5, 5.41) is 0.647. The van der Waals surface area contributed by atoms with E-state index in [1.165, 1.54) is 0 Å². The molecule has 1 amide bonds. The van der Waals surface area contributed by atoms with E-state index in [9.17, 15) is 4.79 Å². The summed E-state index contributed by atoms with van der Waals surface area (Å²) in [7, 11) is 2.13. The number of carbonyl (C=O) groups excluding carboxylic acids is 1. The van der Waals surface area contributed by atoms with Crippen molar-refractivity contribution in [3.05, 3.63) is 23.4 Å². The van der Waals surface area contributed by atoms with Crippen molar-refractivity contribution in [2.24, 2.45) is 0 Å². The number of nitrogens with zero attached hydrogens (tertiary/aromatic N) is 5. The van der Waals surface area contributed by atoms with Crippen molar-refractivity contribution in [3.8, 4) is 0 Å². The van der Waals surface area contributed by atoms with E-state index in [1.807, 2.05) is 24.0 Å². The van der Waals surface area contributed by atoms with Crippen molar-refractivity contribution in [1.82, 2.24) is 19.7 Å². The standard InChI is InChI=1S/C17H26ClN5O/c1-14(21-7-5-20(2)6-8-21)17(24)23-11-9-22(10-12-23)16-4-3-15(18)13-19-16/h3-4,13-14H,5-12H2,1-2H3. The minimum absolute atomic E-state index is 0.0288. The average Bonchev–Trinajstić information content (AvgIpc) is 2.62. The van der Waals surface area contributed by atoms with Crippen LogP contribution in [0.4, 0.5) is 5.82 Å². The van der Waals surface area contributed by atoms with Gasteiger partial charge in [-0.15, -0.1) is 0 Å². The molecule has 2 aliphatic rings. The van der Waals surface area contributed by atoms with Gasteiger partial charge in [0.15, 0.2) is 0 Å². The lowest BCUT2D eigenvalue weighted by Gasteiger charge is -2.40. The third kappa shape index (κ3) is 3.99.